The predicted molar refractivity (Wildman–Crippen MR) is 61.8 cm³/mol. The molecule has 16 heavy (non-hydrogen) atoms. The lowest BCUT2D eigenvalue weighted by Crippen LogP contribution is -2.34. The third-order valence-electron chi connectivity index (χ3n) is 1.88. The van der Waals surface area contributed by atoms with Gasteiger partial charge in [0, 0.05) is 6.04 Å². The Bertz CT molecular complexity index is 350. The molecule has 0 aliphatic rings. The van der Waals surface area contributed by atoms with Crippen LogP contribution >= 0.6 is 0 Å². The number of amides is 1. The number of hydrogen-bond acceptors (Lipinski definition) is 3. The van der Waals surface area contributed by atoms with Gasteiger partial charge in [-0.15, -0.1) is 0 Å². The molecule has 0 fully saturated rings. The summed E-state index contributed by atoms with van der Waals surface area (Å²) in [5, 5.41) is 2.75. The summed E-state index contributed by atoms with van der Waals surface area (Å²) in [7, 11) is 1.57. The van der Waals surface area contributed by atoms with Crippen molar-refractivity contribution in [3.63, 3.8) is 0 Å². The summed E-state index contributed by atoms with van der Waals surface area (Å²) < 4.78 is 10.5. The predicted octanol–water partition coefficient (Wildman–Crippen LogP) is 1.60. The zero-order chi connectivity index (χ0) is 12.0. The minimum Gasteiger partial charge on any atom is -0.493 e. The van der Waals surface area contributed by atoms with Gasteiger partial charge in [-0.1, -0.05) is 12.1 Å². The Kier molecular flexibility index (Phi) is 4.64. The molecule has 1 rings (SSSR count). The lowest BCUT2D eigenvalue weighted by molar-refractivity contribution is -0.123. The van der Waals surface area contributed by atoms with E-state index in [0.717, 1.165) is 0 Å². The highest BCUT2D eigenvalue weighted by atomic mass is 16.5. The van der Waals surface area contributed by atoms with Gasteiger partial charge in [0.15, 0.2) is 18.1 Å². The molecule has 0 aliphatic heterocycles. The van der Waals surface area contributed by atoms with E-state index >= 15 is 0 Å². The second kappa shape index (κ2) is 6.00. The summed E-state index contributed by atoms with van der Waals surface area (Å²) in [4.78, 5) is 11.3. The van der Waals surface area contributed by atoms with Gasteiger partial charge in [0.1, 0.15) is 0 Å². The van der Waals surface area contributed by atoms with Gasteiger partial charge in [-0.2, -0.15) is 0 Å². The minimum atomic E-state index is -0.138. The van der Waals surface area contributed by atoms with E-state index in [1.54, 1.807) is 19.2 Å². The van der Waals surface area contributed by atoms with Crippen molar-refractivity contribution in [1.82, 2.24) is 5.32 Å². The van der Waals surface area contributed by atoms with Gasteiger partial charge < -0.3 is 14.8 Å². The molecular weight excluding hydrogens is 206 g/mol. The summed E-state index contributed by atoms with van der Waals surface area (Å²) in [6, 6.07) is 7.35. The highest BCUT2D eigenvalue weighted by Crippen LogP contribution is 2.25. The van der Waals surface area contributed by atoms with Crippen molar-refractivity contribution in [3.8, 4) is 11.5 Å². The highest BCUT2D eigenvalue weighted by Gasteiger charge is 2.07. The van der Waals surface area contributed by atoms with Crippen LogP contribution in [0.15, 0.2) is 24.3 Å². The molecule has 88 valence electrons. The van der Waals surface area contributed by atoms with E-state index in [1.165, 1.54) is 0 Å². The molecule has 0 unspecified atom stereocenters. The summed E-state index contributed by atoms with van der Waals surface area (Å²) >= 11 is 0. The second-order valence-electron chi connectivity index (χ2n) is 3.66. The van der Waals surface area contributed by atoms with Gasteiger partial charge in [-0.05, 0) is 26.0 Å². The largest absolute Gasteiger partial charge is 0.493 e. The average molecular weight is 223 g/mol. The minimum absolute atomic E-state index is 0.00144. The average Bonchev–Trinajstić information content (AvgIpc) is 2.26. The maximum absolute atomic E-state index is 11.3. The quantitative estimate of drug-likeness (QED) is 0.824. The summed E-state index contributed by atoms with van der Waals surface area (Å²) in [5.74, 6) is 1.06. The molecule has 4 nitrogen and oxygen atoms in total. The Morgan fingerprint density at radius 2 is 1.94 bits per heavy atom. The molecule has 1 N–H and O–H groups in total. The molecule has 0 atom stereocenters. The standard InChI is InChI=1S/C12H17NO3/c1-9(2)13-12(14)8-16-11-7-5-4-6-10(11)15-3/h4-7,9H,8H2,1-3H3,(H,13,14). The maximum atomic E-state index is 11.3. The Morgan fingerprint density at radius 3 is 2.50 bits per heavy atom. The van der Waals surface area contributed by atoms with E-state index in [2.05, 4.69) is 5.32 Å². The number of ether oxygens (including phenoxy) is 2. The third-order valence-corrected chi connectivity index (χ3v) is 1.88. The molecule has 0 aromatic heterocycles. The van der Waals surface area contributed by atoms with Gasteiger partial charge in [0.2, 0.25) is 0 Å². The number of benzene rings is 1. The van der Waals surface area contributed by atoms with Crippen LogP contribution in [0.1, 0.15) is 13.8 Å². The number of rotatable bonds is 5. The molecule has 0 bridgehead atoms. The van der Waals surface area contributed by atoms with Crippen molar-refractivity contribution < 1.29 is 14.3 Å². The Hall–Kier alpha value is -1.71. The van der Waals surface area contributed by atoms with Crippen LogP contribution in [0.25, 0.3) is 0 Å². The van der Waals surface area contributed by atoms with Crippen molar-refractivity contribution in [2.75, 3.05) is 13.7 Å². The van der Waals surface area contributed by atoms with Gasteiger partial charge in [0.25, 0.3) is 5.91 Å². The third kappa shape index (κ3) is 3.81. The molecule has 1 aromatic rings. The molecule has 0 saturated carbocycles. The number of para-hydroxylation sites is 2. The summed E-state index contributed by atoms with van der Waals surface area (Å²) in [6.07, 6.45) is 0. The van der Waals surface area contributed by atoms with E-state index in [1.807, 2.05) is 26.0 Å². The molecule has 4 heteroatoms. The van der Waals surface area contributed by atoms with E-state index < -0.39 is 0 Å². The van der Waals surface area contributed by atoms with Crippen LogP contribution in [-0.4, -0.2) is 25.7 Å². The highest BCUT2D eigenvalue weighted by molar-refractivity contribution is 5.77. The number of hydrogen-bond donors (Lipinski definition) is 1. The molecule has 1 amide bonds. The monoisotopic (exact) mass is 223 g/mol. The van der Waals surface area contributed by atoms with Crippen molar-refractivity contribution in [2.45, 2.75) is 19.9 Å². The van der Waals surface area contributed by atoms with E-state index in [0.29, 0.717) is 11.5 Å². The first-order valence-corrected chi connectivity index (χ1v) is 5.18. The molecule has 0 heterocycles. The van der Waals surface area contributed by atoms with Crippen LogP contribution in [0, 0.1) is 0 Å². The Balaban J connectivity index is 2.51. The van der Waals surface area contributed by atoms with Crippen LogP contribution in [0.5, 0.6) is 11.5 Å². The first kappa shape index (κ1) is 12.4. The summed E-state index contributed by atoms with van der Waals surface area (Å²) in [6.45, 7) is 3.81. The smallest absolute Gasteiger partial charge is 0.258 e. The van der Waals surface area contributed by atoms with Gasteiger partial charge in [-0.3, -0.25) is 4.79 Å². The zero-order valence-electron chi connectivity index (χ0n) is 9.82. The van der Waals surface area contributed by atoms with Crippen molar-refractivity contribution in [3.05, 3.63) is 24.3 Å². The van der Waals surface area contributed by atoms with E-state index in [9.17, 15) is 4.79 Å². The van der Waals surface area contributed by atoms with Crippen molar-refractivity contribution >= 4 is 5.91 Å². The second-order valence-corrected chi connectivity index (χ2v) is 3.66. The van der Waals surface area contributed by atoms with Crippen molar-refractivity contribution in [2.24, 2.45) is 0 Å². The van der Waals surface area contributed by atoms with Crippen molar-refractivity contribution in [1.29, 1.82) is 0 Å². The van der Waals surface area contributed by atoms with Gasteiger partial charge in [0.05, 0.1) is 7.11 Å². The Labute approximate surface area is 95.6 Å². The topological polar surface area (TPSA) is 47.6 Å². The van der Waals surface area contributed by atoms with Crippen LogP contribution < -0.4 is 14.8 Å². The fourth-order valence-corrected chi connectivity index (χ4v) is 1.24. The molecule has 0 saturated heterocycles. The lowest BCUT2D eigenvalue weighted by atomic mass is 10.3. The molecule has 0 radical (unpaired) electrons. The molecular formula is C12H17NO3. The van der Waals surface area contributed by atoms with E-state index in [4.69, 9.17) is 9.47 Å². The van der Waals surface area contributed by atoms with E-state index in [-0.39, 0.29) is 18.6 Å². The SMILES string of the molecule is COc1ccccc1OCC(=O)NC(C)C. The number of carbonyl (C=O) groups is 1. The lowest BCUT2D eigenvalue weighted by Gasteiger charge is -2.11. The fraction of sp³-hybridized carbons (Fsp3) is 0.417. The maximum Gasteiger partial charge on any atom is 0.258 e. The van der Waals surface area contributed by atoms with Gasteiger partial charge in [-0.25, -0.2) is 0 Å². The molecule has 0 spiro atoms. The van der Waals surface area contributed by atoms with Gasteiger partial charge >= 0.3 is 0 Å². The first-order chi connectivity index (χ1) is 7.63. The number of nitrogens with one attached hydrogen (secondary N) is 1. The van der Waals surface area contributed by atoms with Crippen LogP contribution in [-0.2, 0) is 4.79 Å². The number of carbonyl (C=O) groups excluding carboxylic acids is 1. The molecule has 1 aromatic carbocycles. The first-order valence-electron chi connectivity index (χ1n) is 5.18. The number of methoxy groups -OCH3 is 1. The zero-order valence-corrected chi connectivity index (χ0v) is 9.82. The molecule has 0 aliphatic carbocycles. The Morgan fingerprint density at radius 1 is 1.31 bits per heavy atom. The fourth-order valence-electron chi connectivity index (χ4n) is 1.24. The summed E-state index contributed by atoms with van der Waals surface area (Å²) in [5.41, 5.74) is 0. The normalized spacial score (nSPS) is 10.0. The van der Waals surface area contributed by atoms with Crippen LogP contribution in [0.3, 0.4) is 0 Å². The van der Waals surface area contributed by atoms with Crippen LogP contribution in [0.4, 0.5) is 0 Å². The van der Waals surface area contributed by atoms with Crippen LogP contribution in [0.2, 0.25) is 0 Å².